The van der Waals surface area contributed by atoms with E-state index in [1.807, 2.05) is 18.2 Å². The van der Waals surface area contributed by atoms with Crippen LogP contribution in [0.2, 0.25) is 0 Å². The molecular formula is C16H21N3O3S. The van der Waals surface area contributed by atoms with E-state index in [0.29, 0.717) is 28.9 Å². The van der Waals surface area contributed by atoms with Crippen molar-refractivity contribution in [3.63, 3.8) is 0 Å². The lowest BCUT2D eigenvalue weighted by molar-refractivity contribution is 0.170. The maximum Gasteiger partial charge on any atom is 0.288 e. The summed E-state index contributed by atoms with van der Waals surface area (Å²) < 4.78 is 18.0. The molecule has 0 spiro atoms. The van der Waals surface area contributed by atoms with Crippen LogP contribution in [0.1, 0.15) is 19.3 Å². The van der Waals surface area contributed by atoms with Crippen LogP contribution >= 0.6 is 12.2 Å². The molecule has 0 N–H and O–H groups in total. The van der Waals surface area contributed by atoms with E-state index in [2.05, 4.69) is 10.00 Å². The first-order chi connectivity index (χ1) is 11.2. The van der Waals surface area contributed by atoms with Crippen LogP contribution in [0.25, 0.3) is 11.5 Å². The van der Waals surface area contributed by atoms with Crippen molar-refractivity contribution in [1.82, 2.24) is 14.7 Å². The molecule has 0 bridgehead atoms. The fraction of sp³-hybridized carbons (Fsp3) is 0.500. The Morgan fingerprint density at radius 1 is 1.13 bits per heavy atom. The molecule has 3 rings (SSSR count). The molecular weight excluding hydrogens is 314 g/mol. The molecule has 0 amide bonds. The van der Waals surface area contributed by atoms with Gasteiger partial charge in [0.1, 0.15) is 0 Å². The molecule has 1 aliphatic heterocycles. The van der Waals surface area contributed by atoms with Gasteiger partial charge in [-0.2, -0.15) is 0 Å². The standard InChI is InChI=1S/C16H21N3O3S/c1-20-13-7-6-12(10-14(13)21-2)15-17-19(16(23)22-15)11-18-8-4-3-5-9-18/h6-7,10H,3-5,8-9,11H2,1-2H3. The van der Waals surface area contributed by atoms with Crippen LogP contribution < -0.4 is 9.47 Å². The highest BCUT2D eigenvalue weighted by Crippen LogP contribution is 2.31. The molecule has 0 saturated carbocycles. The third kappa shape index (κ3) is 3.56. The van der Waals surface area contributed by atoms with E-state index in [9.17, 15) is 0 Å². The number of ether oxygens (including phenoxy) is 2. The van der Waals surface area contributed by atoms with Crippen LogP contribution in [-0.4, -0.2) is 42.0 Å². The van der Waals surface area contributed by atoms with Crippen molar-refractivity contribution in [3.05, 3.63) is 23.0 Å². The van der Waals surface area contributed by atoms with Gasteiger partial charge in [0, 0.05) is 5.56 Å². The number of nitrogens with zero attached hydrogens (tertiary/aromatic N) is 3. The second kappa shape index (κ2) is 7.14. The van der Waals surface area contributed by atoms with E-state index in [0.717, 1.165) is 18.7 Å². The van der Waals surface area contributed by atoms with Gasteiger partial charge in [-0.25, -0.2) is 4.68 Å². The van der Waals surface area contributed by atoms with Crippen molar-refractivity contribution in [2.75, 3.05) is 27.3 Å². The van der Waals surface area contributed by atoms with Crippen molar-refractivity contribution in [2.45, 2.75) is 25.9 Å². The Morgan fingerprint density at radius 3 is 2.57 bits per heavy atom. The Morgan fingerprint density at radius 2 is 1.87 bits per heavy atom. The first-order valence-corrected chi connectivity index (χ1v) is 8.15. The highest BCUT2D eigenvalue weighted by molar-refractivity contribution is 7.71. The average molecular weight is 335 g/mol. The van der Waals surface area contributed by atoms with Crippen molar-refractivity contribution < 1.29 is 13.9 Å². The molecule has 1 aliphatic rings. The molecule has 1 aromatic carbocycles. The van der Waals surface area contributed by atoms with Gasteiger partial charge >= 0.3 is 0 Å². The number of piperidine rings is 1. The Labute approximate surface area is 140 Å². The fourth-order valence-corrected chi connectivity index (χ4v) is 2.95. The van der Waals surface area contributed by atoms with Gasteiger partial charge in [0.15, 0.2) is 11.5 Å². The first-order valence-electron chi connectivity index (χ1n) is 7.74. The molecule has 23 heavy (non-hydrogen) atoms. The smallest absolute Gasteiger partial charge is 0.288 e. The summed E-state index contributed by atoms with van der Waals surface area (Å²) in [4.78, 5) is 2.74. The number of benzene rings is 1. The minimum atomic E-state index is 0.389. The lowest BCUT2D eigenvalue weighted by atomic mass is 10.1. The number of likely N-dealkylation sites (tertiary alicyclic amines) is 1. The van der Waals surface area contributed by atoms with E-state index >= 15 is 0 Å². The van der Waals surface area contributed by atoms with E-state index < -0.39 is 0 Å². The second-order valence-corrected chi connectivity index (χ2v) is 5.91. The molecule has 2 heterocycles. The van der Waals surface area contributed by atoms with Crippen molar-refractivity contribution in [3.8, 4) is 23.0 Å². The predicted molar refractivity (Wildman–Crippen MR) is 89.3 cm³/mol. The third-order valence-electron chi connectivity index (χ3n) is 4.02. The van der Waals surface area contributed by atoms with E-state index in [1.165, 1.54) is 19.3 Å². The lowest BCUT2D eigenvalue weighted by Crippen LogP contribution is -2.32. The van der Waals surface area contributed by atoms with Crippen molar-refractivity contribution >= 4 is 12.2 Å². The molecule has 0 aliphatic carbocycles. The van der Waals surface area contributed by atoms with E-state index in [1.54, 1.807) is 18.9 Å². The Hall–Kier alpha value is -1.86. The van der Waals surface area contributed by atoms with Gasteiger partial charge in [-0.1, -0.05) is 6.42 Å². The monoisotopic (exact) mass is 335 g/mol. The molecule has 124 valence electrons. The highest BCUT2D eigenvalue weighted by atomic mass is 32.1. The predicted octanol–water partition coefficient (Wildman–Crippen LogP) is 3.33. The zero-order chi connectivity index (χ0) is 16.2. The molecule has 0 unspecified atom stereocenters. The molecule has 1 aromatic heterocycles. The molecule has 7 heteroatoms. The highest BCUT2D eigenvalue weighted by Gasteiger charge is 2.15. The van der Waals surface area contributed by atoms with Gasteiger partial charge in [-0.05, 0) is 56.3 Å². The Balaban J connectivity index is 1.83. The summed E-state index contributed by atoms with van der Waals surface area (Å²) in [5, 5.41) is 4.51. The summed E-state index contributed by atoms with van der Waals surface area (Å²) in [6.07, 6.45) is 3.76. The minimum Gasteiger partial charge on any atom is -0.493 e. The third-order valence-corrected chi connectivity index (χ3v) is 4.31. The summed E-state index contributed by atoms with van der Waals surface area (Å²) in [5.74, 6) is 1.80. The van der Waals surface area contributed by atoms with E-state index in [-0.39, 0.29) is 0 Å². The van der Waals surface area contributed by atoms with E-state index in [4.69, 9.17) is 26.1 Å². The molecule has 6 nitrogen and oxygen atoms in total. The van der Waals surface area contributed by atoms with Gasteiger partial charge in [-0.15, -0.1) is 5.10 Å². The van der Waals surface area contributed by atoms with Gasteiger partial charge in [0.05, 0.1) is 20.9 Å². The number of methoxy groups -OCH3 is 2. The normalized spacial score (nSPS) is 15.6. The van der Waals surface area contributed by atoms with Crippen molar-refractivity contribution in [1.29, 1.82) is 0 Å². The largest absolute Gasteiger partial charge is 0.493 e. The summed E-state index contributed by atoms with van der Waals surface area (Å²) in [5.41, 5.74) is 0.811. The van der Waals surface area contributed by atoms with Crippen molar-refractivity contribution in [2.24, 2.45) is 0 Å². The first kappa shape index (κ1) is 16.0. The maximum atomic E-state index is 5.66. The summed E-state index contributed by atoms with van der Waals surface area (Å²) in [6, 6.07) is 5.55. The van der Waals surface area contributed by atoms with Crippen LogP contribution in [0, 0.1) is 4.84 Å². The SMILES string of the molecule is COc1ccc(-c2nn(CN3CCCCC3)c(=S)o2)cc1OC. The minimum absolute atomic E-state index is 0.389. The molecule has 0 atom stereocenters. The maximum absolute atomic E-state index is 5.66. The van der Waals surface area contributed by atoms with Crippen LogP contribution in [0.5, 0.6) is 11.5 Å². The van der Waals surface area contributed by atoms with Crippen LogP contribution in [0.15, 0.2) is 22.6 Å². The zero-order valence-electron chi connectivity index (χ0n) is 13.4. The number of aromatic nitrogens is 2. The van der Waals surface area contributed by atoms with Crippen LogP contribution in [-0.2, 0) is 6.67 Å². The second-order valence-electron chi connectivity index (χ2n) is 5.56. The molecule has 1 saturated heterocycles. The summed E-state index contributed by atoms with van der Waals surface area (Å²) >= 11 is 5.30. The summed E-state index contributed by atoms with van der Waals surface area (Å²) in [7, 11) is 3.21. The fourth-order valence-electron chi connectivity index (χ4n) is 2.77. The number of hydrogen-bond donors (Lipinski definition) is 0. The van der Waals surface area contributed by atoms with Gasteiger partial charge in [0.25, 0.3) is 4.84 Å². The Kier molecular flexibility index (Phi) is 4.97. The molecule has 2 aromatic rings. The van der Waals surface area contributed by atoms with Crippen LogP contribution in [0.4, 0.5) is 0 Å². The van der Waals surface area contributed by atoms with Gasteiger partial charge in [-0.3, -0.25) is 4.90 Å². The lowest BCUT2D eigenvalue weighted by Gasteiger charge is -2.25. The van der Waals surface area contributed by atoms with Crippen LogP contribution in [0.3, 0.4) is 0 Å². The zero-order valence-corrected chi connectivity index (χ0v) is 14.3. The summed E-state index contributed by atoms with van der Waals surface area (Å²) in [6.45, 7) is 2.84. The average Bonchev–Trinajstić information content (AvgIpc) is 2.96. The topological polar surface area (TPSA) is 52.7 Å². The van der Waals surface area contributed by atoms with Gasteiger partial charge in [0.2, 0.25) is 5.89 Å². The number of rotatable bonds is 5. The Bertz CT molecular complexity index is 720. The molecule has 1 fully saturated rings. The quantitative estimate of drug-likeness (QED) is 0.781. The molecule has 0 radical (unpaired) electrons. The van der Waals surface area contributed by atoms with Gasteiger partial charge < -0.3 is 13.9 Å². The number of hydrogen-bond acceptors (Lipinski definition) is 6.